The smallest absolute Gasteiger partial charge is 0.228 e. The van der Waals surface area contributed by atoms with Gasteiger partial charge < -0.3 is 10.1 Å². The highest BCUT2D eigenvalue weighted by molar-refractivity contribution is 9.10. The first kappa shape index (κ1) is 14.1. The van der Waals surface area contributed by atoms with Gasteiger partial charge in [-0.25, -0.2) is 0 Å². The Labute approximate surface area is 132 Å². The van der Waals surface area contributed by atoms with Crippen LogP contribution in [0.4, 0.5) is 5.69 Å². The molecule has 3 nitrogen and oxygen atoms in total. The van der Waals surface area contributed by atoms with Gasteiger partial charge in [-0.1, -0.05) is 34.1 Å². The molecule has 0 saturated carbocycles. The van der Waals surface area contributed by atoms with E-state index in [1.807, 2.05) is 37.3 Å². The molecule has 2 aromatic rings. The standard InChI is InChI=1S/C17H16BrNO2/c1-11-2-4-14(10-15(11)18)19-17(20)9-12-3-5-16-13(8-12)6-7-21-16/h2-5,8,10H,6-7,9H2,1H3,(H,19,20). The van der Waals surface area contributed by atoms with Crippen molar-refractivity contribution in [3.63, 3.8) is 0 Å². The summed E-state index contributed by atoms with van der Waals surface area (Å²) >= 11 is 3.47. The Balaban J connectivity index is 1.67. The molecule has 3 rings (SSSR count). The molecule has 1 aliphatic heterocycles. The highest BCUT2D eigenvalue weighted by Gasteiger charge is 2.13. The monoisotopic (exact) mass is 345 g/mol. The van der Waals surface area contributed by atoms with Crippen LogP contribution in [0.3, 0.4) is 0 Å². The van der Waals surface area contributed by atoms with Gasteiger partial charge in [0.25, 0.3) is 0 Å². The molecule has 0 fully saturated rings. The first-order chi connectivity index (χ1) is 10.1. The molecule has 0 bridgehead atoms. The predicted octanol–water partition coefficient (Wildman–Crippen LogP) is 3.87. The number of carbonyl (C=O) groups is 1. The molecule has 1 heterocycles. The number of nitrogens with one attached hydrogen (secondary N) is 1. The summed E-state index contributed by atoms with van der Waals surface area (Å²) in [5.41, 5.74) is 4.16. The molecule has 0 atom stereocenters. The van der Waals surface area contributed by atoms with Crippen LogP contribution in [-0.4, -0.2) is 12.5 Å². The van der Waals surface area contributed by atoms with Crippen LogP contribution in [0.25, 0.3) is 0 Å². The lowest BCUT2D eigenvalue weighted by atomic mass is 10.1. The zero-order valence-electron chi connectivity index (χ0n) is 11.8. The van der Waals surface area contributed by atoms with Gasteiger partial charge in [-0.15, -0.1) is 0 Å². The van der Waals surface area contributed by atoms with E-state index in [9.17, 15) is 4.79 Å². The number of hydrogen-bond donors (Lipinski definition) is 1. The zero-order chi connectivity index (χ0) is 14.8. The van der Waals surface area contributed by atoms with Crippen LogP contribution >= 0.6 is 15.9 Å². The summed E-state index contributed by atoms with van der Waals surface area (Å²) in [6.07, 6.45) is 1.30. The maximum atomic E-state index is 12.1. The van der Waals surface area contributed by atoms with Gasteiger partial charge in [0.05, 0.1) is 13.0 Å². The molecule has 1 aliphatic rings. The van der Waals surface area contributed by atoms with Crippen molar-refractivity contribution in [2.24, 2.45) is 0 Å². The summed E-state index contributed by atoms with van der Waals surface area (Å²) in [4.78, 5) is 12.1. The van der Waals surface area contributed by atoms with Gasteiger partial charge in [0, 0.05) is 16.6 Å². The quantitative estimate of drug-likeness (QED) is 0.916. The van der Waals surface area contributed by atoms with Crippen molar-refractivity contribution in [1.82, 2.24) is 0 Å². The first-order valence-corrected chi connectivity index (χ1v) is 7.72. The molecule has 0 radical (unpaired) electrons. The highest BCUT2D eigenvalue weighted by atomic mass is 79.9. The predicted molar refractivity (Wildman–Crippen MR) is 86.9 cm³/mol. The normalized spacial score (nSPS) is 12.7. The van der Waals surface area contributed by atoms with E-state index >= 15 is 0 Å². The van der Waals surface area contributed by atoms with E-state index in [0.717, 1.165) is 40.1 Å². The summed E-state index contributed by atoms with van der Waals surface area (Å²) in [5, 5.41) is 2.93. The van der Waals surface area contributed by atoms with Crippen molar-refractivity contribution in [1.29, 1.82) is 0 Å². The number of benzene rings is 2. The van der Waals surface area contributed by atoms with Gasteiger partial charge >= 0.3 is 0 Å². The van der Waals surface area contributed by atoms with Crippen LogP contribution in [0, 0.1) is 6.92 Å². The number of anilines is 1. The van der Waals surface area contributed by atoms with Crippen molar-refractivity contribution in [2.75, 3.05) is 11.9 Å². The van der Waals surface area contributed by atoms with Crippen LogP contribution in [0.5, 0.6) is 5.75 Å². The largest absolute Gasteiger partial charge is 0.493 e. The second-order valence-electron chi connectivity index (χ2n) is 5.23. The Hall–Kier alpha value is -1.81. The third-order valence-corrected chi connectivity index (χ3v) is 4.43. The molecule has 0 saturated heterocycles. The van der Waals surface area contributed by atoms with E-state index in [0.29, 0.717) is 6.42 Å². The summed E-state index contributed by atoms with van der Waals surface area (Å²) in [6.45, 7) is 2.75. The summed E-state index contributed by atoms with van der Waals surface area (Å²) < 4.78 is 6.47. The fourth-order valence-electron chi connectivity index (χ4n) is 2.41. The average molecular weight is 346 g/mol. The molecule has 0 unspecified atom stereocenters. The second-order valence-corrected chi connectivity index (χ2v) is 6.08. The Morgan fingerprint density at radius 3 is 2.95 bits per heavy atom. The average Bonchev–Trinajstić information content (AvgIpc) is 2.90. The van der Waals surface area contributed by atoms with Crippen molar-refractivity contribution in [2.45, 2.75) is 19.8 Å². The second kappa shape index (κ2) is 5.90. The lowest BCUT2D eigenvalue weighted by Crippen LogP contribution is -2.14. The minimum Gasteiger partial charge on any atom is -0.493 e. The lowest BCUT2D eigenvalue weighted by molar-refractivity contribution is -0.115. The molecule has 1 N–H and O–H groups in total. The van der Waals surface area contributed by atoms with Crippen LogP contribution in [0.2, 0.25) is 0 Å². The molecule has 2 aromatic carbocycles. The Kier molecular flexibility index (Phi) is 3.97. The molecule has 0 aliphatic carbocycles. The van der Waals surface area contributed by atoms with Gasteiger partial charge in [-0.3, -0.25) is 4.79 Å². The summed E-state index contributed by atoms with van der Waals surface area (Å²) in [7, 11) is 0. The van der Waals surface area contributed by atoms with E-state index in [1.54, 1.807) is 0 Å². The third-order valence-electron chi connectivity index (χ3n) is 3.57. The van der Waals surface area contributed by atoms with Gasteiger partial charge in [0.2, 0.25) is 5.91 Å². The number of carbonyl (C=O) groups excluding carboxylic acids is 1. The summed E-state index contributed by atoms with van der Waals surface area (Å²) in [5.74, 6) is 0.936. The zero-order valence-corrected chi connectivity index (χ0v) is 13.4. The number of rotatable bonds is 3. The molecule has 0 spiro atoms. The molecule has 0 aromatic heterocycles. The van der Waals surface area contributed by atoms with E-state index in [2.05, 4.69) is 27.3 Å². The highest BCUT2D eigenvalue weighted by Crippen LogP contribution is 2.26. The number of halogens is 1. The van der Waals surface area contributed by atoms with Crippen molar-refractivity contribution < 1.29 is 9.53 Å². The maximum Gasteiger partial charge on any atom is 0.228 e. The fourth-order valence-corrected chi connectivity index (χ4v) is 2.79. The lowest BCUT2D eigenvalue weighted by Gasteiger charge is -2.08. The van der Waals surface area contributed by atoms with Crippen LogP contribution in [0.15, 0.2) is 40.9 Å². The van der Waals surface area contributed by atoms with E-state index in [-0.39, 0.29) is 5.91 Å². The Morgan fingerprint density at radius 2 is 2.14 bits per heavy atom. The molecule has 4 heteroatoms. The van der Waals surface area contributed by atoms with E-state index < -0.39 is 0 Å². The molecular formula is C17H16BrNO2. The topological polar surface area (TPSA) is 38.3 Å². The van der Waals surface area contributed by atoms with Crippen molar-refractivity contribution in [3.05, 3.63) is 57.6 Å². The Morgan fingerprint density at radius 1 is 1.29 bits per heavy atom. The number of fused-ring (bicyclic) bond motifs is 1. The van der Waals surface area contributed by atoms with E-state index in [1.165, 1.54) is 5.56 Å². The van der Waals surface area contributed by atoms with Crippen molar-refractivity contribution in [3.8, 4) is 5.75 Å². The molecule has 1 amide bonds. The first-order valence-electron chi connectivity index (χ1n) is 6.92. The molecule has 21 heavy (non-hydrogen) atoms. The SMILES string of the molecule is Cc1ccc(NC(=O)Cc2ccc3c(c2)CCO3)cc1Br. The van der Waals surface area contributed by atoms with Gasteiger partial charge in [0.15, 0.2) is 0 Å². The number of ether oxygens (including phenoxy) is 1. The van der Waals surface area contributed by atoms with Crippen LogP contribution in [0.1, 0.15) is 16.7 Å². The maximum absolute atomic E-state index is 12.1. The third kappa shape index (κ3) is 3.27. The minimum atomic E-state index is -0.00961. The minimum absolute atomic E-state index is 0.00961. The van der Waals surface area contributed by atoms with E-state index in [4.69, 9.17) is 4.74 Å². The number of amides is 1. The van der Waals surface area contributed by atoms with Gasteiger partial charge in [0.1, 0.15) is 5.75 Å². The number of hydrogen-bond acceptors (Lipinski definition) is 2. The molecular weight excluding hydrogens is 330 g/mol. The van der Waals surface area contributed by atoms with Gasteiger partial charge in [-0.05, 0) is 41.8 Å². The molecule has 108 valence electrons. The fraction of sp³-hybridized carbons (Fsp3) is 0.235. The van der Waals surface area contributed by atoms with Crippen LogP contribution < -0.4 is 10.1 Å². The Bertz CT molecular complexity index is 697. The number of aryl methyl sites for hydroxylation is 1. The summed E-state index contributed by atoms with van der Waals surface area (Å²) in [6, 6.07) is 11.8. The van der Waals surface area contributed by atoms with Crippen LogP contribution in [-0.2, 0) is 17.6 Å². The van der Waals surface area contributed by atoms with Crippen molar-refractivity contribution >= 4 is 27.5 Å². The van der Waals surface area contributed by atoms with Gasteiger partial charge in [-0.2, -0.15) is 0 Å².